The summed E-state index contributed by atoms with van der Waals surface area (Å²) in [5.41, 5.74) is 0.840. The van der Waals surface area contributed by atoms with Crippen LogP contribution in [0.2, 0.25) is 0 Å². The summed E-state index contributed by atoms with van der Waals surface area (Å²) in [5.74, 6) is 0.111. The molecule has 102 valence electrons. The molecule has 0 bridgehead atoms. The van der Waals surface area contributed by atoms with Crippen LogP contribution in [0, 0.1) is 0 Å². The maximum Gasteiger partial charge on any atom is 0.268 e. The third-order valence-electron chi connectivity index (χ3n) is 4.57. The lowest BCUT2D eigenvalue weighted by Gasteiger charge is -2.16. The summed E-state index contributed by atoms with van der Waals surface area (Å²) < 4.78 is 2.14. The van der Waals surface area contributed by atoms with Crippen LogP contribution in [-0.4, -0.2) is 40.5 Å². The Hall–Kier alpha value is -1.29. The number of nitrogens with one attached hydrogen (secondary N) is 1. The molecule has 1 aromatic heterocycles. The van der Waals surface area contributed by atoms with Gasteiger partial charge >= 0.3 is 0 Å². The molecular formula is C15H21N3O. The van der Waals surface area contributed by atoms with Gasteiger partial charge in [0.25, 0.3) is 5.91 Å². The predicted octanol–water partition coefficient (Wildman–Crippen LogP) is 1.79. The largest absolute Gasteiger partial charge is 0.347 e. The number of hydrogen-bond donors (Lipinski definition) is 1. The van der Waals surface area contributed by atoms with E-state index in [0.29, 0.717) is 12.1 Å². The monoisotopic (exact) mass is 259 g/mol. The van der Waals surface area contributed by atoms with Gasteiger partial charge in [-0.1, -0.05) is 0 Å². The minimum atomic E-state index is 0.111. The van der Waals surface area contributed by atoms with Crippen molar-refractivity contribution in [1.29, 1.82) is 0 Å². The number of aromatic nitrogens is 1. The third-order valence-corrected chi connectivity index (χ3v) is 4.57. The highest BCUT2D eigenvalue weighted by Crippen LogP contribution is 2.36. The van der Waals surface area contributed by atoms with Gasteiger partial charge in [-0.25, -0.2) is 0 Å². The number of carbonyl (C=O) groups excluding carboxylic acids is 1. The van der Waals surface area contributed by atoms with E-state index in [1.165, 1.54) is 25.7 Å². The Morgan fingerprint density at radius 3 is 2.68 bits per heavy atom. The summed E-state index contributed by atoms with van der Waals surface area (Å²) in [5, 5.41) is 3.22. The molecule has 0 aromatic carbocycles. The number of amides is 1. The molecule has 0 unspecified atom stereocenters. The second kappa shape index (κ2) is 4.37. The van der Waals surface area contributed by atoms with Gasteiger partial charge in [-0.3, -0.25) is 9.69 Å². The van der Waals surface area contributed by atoms with Crippen LogP contribution in [0.3, 0.4) is 0 Å². The molecule has 1 atom stereocenters. The molecule has 1 saturated heterocycles. The fourth-order valence-corrected chi connectivity index (χ4v) is 3.19. The first-order valence-electron chi connectivity index (χ1n) is 7.53. The van der Waals surface area contributed by atoms with Crippen molar-refractivity contribution < 1.29 is 4.79 Å². The lowest BCUT2D eigenvalue weighted by molar-refractivity contribution is 0.0928. The topological polar surface area (TPSA) is 37.3 Å². The van der Waals surface area contributed by atoms with Crippen molar-refractivity contribution in [2.24, 2.45) is 0 Å². The van der Waals surface area contributed by atoms with Gasteiger partial charge in [0.1, 0.15) is 5.69 Å². The SMILES string of the molecule is O=C(N[C@H]1CCN(C2CC2)C1)c1cccn1C1CC1. The minimum absolute atomic E-state index is 0.111. The second-order valence-electron chi connectivity index (χ2n) is 6.22. The van der Waals surface area contributed by atoms with E-state index in [9.17, 15) is 4.79 Å². The van der Waals surface area contributed by atoms with E-state index in [1.807, 2.05) is 18.3 Å². The van der Waals surface area contributed by atoms with Crippen LogP contribution in [0.1, 0.15) is 48.6 Å². The van der Waals surface area contributed by atoms with Crippen molar-refractivity contribution in [3.63, 3.8) is 0 Å². The molecule has 1 amide bonds. The van der Waals surface area contributed by atoms with E-state index in [0.717, 1.165) is 31.2 Å². The highest BCUT2D eigenvalue weighted by atomic mass is 16.2. The van der Waals surface area contributed by atoms with Gasteiger partial charge in [0.05, 0.1) is 0 Å². The molecule has 4 nitrogen and oxygen atoms in total. The Morgan fingerprint density at radius 1 is 1.16 bits per heavy atom. The summed E-state index contributed by atoms with van der Waals surface area (Å²) in [6, 6.07) is 5.66. The van der Waals surface area contributed by atoms with Crippen LogP contribution in [0.15, 0.2) is 18.3 Å². The molecule has 3 aliphatic rings. The molecule has 2 aliphatic carbocycles. The summed E-state index contributed by atoms with van der Waals surface area (Å²) in [6.45, 7) is 2.19. The summed E-state index contributed by atoms with van der Waals surface area (Å²) in [4.78, 5) is 14.9. The molecule has 0 radical (unpaired) electrons. The number of hydrogen-bond acceptors (Lipinski definition) is 2. The quantitative estimate of drug-likeness (QED) is 0.895. The van der Waals surface area contributed by atoms with E-state index in [4.69, 9.17) is 0 Å². The third kappa shape index (κ3) is 2.29. The van der Waals surface area contributed by atoms with Crippen LogP contribution in [-0.2, 0) is 0 Å². The van der Waals surface area contributed by atoms with Crippen molar-refractivity contribution in [3.8, 4) is 0 Å². The van der Waals surface area contributed by atoms with E-state index in [2.05, 4.69) is 14.8 Å². The zero-order chi connectivity index (χ0) is 12.8. The van der Waals surface area contributed by atoms with Gasteiger partial charge in [-0.2, -0.15) is 0 Å². The van der Waals surface area contributed by atoms with Crippen LogP contribution in [0.25, 0.3) is 0 Å². The molecular weight excluding hydrogens is 238 g/mol. The van der Waals surface area contributed by atoms with Gasteiger partial charge in [-0.05, 0) is 44.2 Å². The van der Waals surface area contributed by atoms with Gasteiger partial charge in [0.15, 0.2) is 0 Å². The molecule has 1 N–H and O–H groups in total. The van der Waals surface area contributed by atoms with Crippen LogP contribution in [0.5, 0.6) is 0 Å². The molecule has 3 fully saturated rings. The number of likely N-dealkylation sites (tertiary alicyclic amines) is 1. The van der Waals surface area contributed by atoms with Crippen molar-refractivity contribution in [2.45, 2.75) is 50.2 Å². The first kappa shape index (κ1) is 11.5. The summed E-state index contributed by atoms with van der Waals surface area (Å²) in [7, 11) is 0. The molecule has 4 heteroatoms. The van der Waals surface area contributed by atoms with Gasteiger partial charge < -0.3 is 9.88 Å². The number of carbonyl (C=O) groups is 1. The number of rotatable bonds is 4. The molecule has 2 heterocycles. The standard InChI is InChI=1S/C15H21N3O/c19-15(14-2-1-8-18(14)13-5-6-13)16-11-7-9-17(10-11)12-3-4-12/h1-2,8,11-13H,3-7,9-10H2,(H,16,19)/t11-/m0/s1. The maximum absolute atomic E-state index is 12.4. The first-order valence-corrected chi connectivity index (χ1v) is 7.53. The minimum Gasteiger partial charge on any atom is -0.347 e. The van der Waals surface area contributed by atoms with Crippen LogP contribution in [0.4, 0.5) is 0 Å². The molecule has 0 spiro atoms. The highest BCUT2D eigenvalue weighted by molar-refractivity contribution is 5.93. The van der Waals surface area contributed by atoms with Crippen molar-refractivity contribution in [1.82, 2.24) is 14.8 Å². The van der Waals surface area contributed by atoms with Gasteiger partial charge in [0, 0.05) is 37.4 Å². The zero-order valence-corrected chi connectivity index (χ0v) is 11.2. The summed E-state index contributed by atoms with van der Waals surface area (Å²) in [6.07, 6.45) is 8.28. The zero-order valence-electron chi connectivity index (χ0n) is 11.2. The van der Waals surface area contributed by atoms with E-state index in [-0.39, 0.29) is 5.91 Å². The average molecular weight is 259 g/mol. The normalized spacial score (nSPS) is 27.7. The fraction of sp³-hybridized carbons (Fsp3) is 0.667. The van der Waals surface area contributed by atoms with Crippen LogP contribution >= 0.6 is 0 Å². The molecule has 4 rings (SSSR count). The Balaban J connectivity index is 1.39. The molecule has 19 heavy (non-hydrogen) atoms. The number of nitrogens with zero attached hydrogens (tertiary/aromatic N) is 2. The molecule has 1 aliphatic heterocycles. The van der Waals surface area contributed by atoms with Gasteiger partial charge in [-0.15, -0.1) is 0 Å². The fourth-order valence-electron chi connectivity index (χ4n) is 3.19. The van der Waals surface area contributed by atoms with E-state index < -0.39 is 0 Å². The average Bonchev–Trinajstić information content (AvgIpc) is 3.34. The van der Waals surface area contributed by atoms with E-state index in [1.54, 1.807) is 0 Å². The highest BCUT2D eigenvalue weighted by Gasteiger charge is 2.35. The first-order chi connectivity index (χ1) is 9.31. The van der Waals surface area contributed by atoms with Crippen molar-refractivity contribution in [2.75, 3.05) is 13.1 Å². The molecule has 2 saturated carbocycles. The van der Waals surface area contributed by atoms with Crippen molar-refractivity contribution >= 4 is 5.91 Å². The van der Waals surface area contributed by atoms with Crippen molar-refractivity contribution in [3.05, 3.63) is 24.0 Å². The molecule has 1 aromatic rings. The summed E-state index contributed by atoms with van der Waals surface area (Å²) >= 11 is 0. The lowest BCUT2D eigenvalue weighted by Crippen LogP contribution is -2.38. The Morgan fingerprint density at radius 2 is 1.95 bits per heavy atom. The smallest absolute Gasteiger partial charge is 0.268 e. The lowest BCUT2D eigenvalue weighted by atomic mass is 10.2. The van der Waals surface area contributed by atoms with E-state index >= 15 is 0 Å². The Bertz CT molecular complexity index is 487. The Labute approximate surface area is 113 Å². The Kier molecular flexibility index (Phi) is 2.65. The predicted molar refractivity (Wildman–Crippen MR) is 73.2 cm³/mol. The van der Waals surface area contributed by atoms with Crippen LogP contribution < -0.4 is 5.32 Å². The second-order valence-corrected chi connectivity index (χ2v) is 6.22. The maximum atomic E-state index is 12.4. The van der Waals surface area contributed by atoms with Gasteiger partial charge in [0.2, 0.25) is 0 Å².